The Bertz CT molecular complexity index is 847. The van der Waals surface area contributed by atoms with Gasteiger partial charge in [0.2, 0.25) is 0 Å². The quantitative estimate of drug-likeness (QED) is 0.216. The van der Waals surface area contributed by atoms with Crippen LogP contribution in [0.3, 0.4) is 0 Å². The maximum atomic E-state index is 15.0. The van der Waals surface area contributed by atoms with E-state index in [0.717, 1.165) is 61.3 Å². The maximum absolute atomic E-state index is 15.0. The van der Waals surface area contributed by atoms with Crippen molar-refractivity contribution in [3.8, 4) is 11.3 Å². The summed E-state index contributed by atoms with van der Waals surface area (Å²) in [5.74, 6) is 0.399. The van der Waals surface area contributed by atoms with Crippen molar-refractivity contribution in [2.24, 2.45) is 5.92 Å². The Kier molecular flexibility index (Phi) is 12.9. The molecular weight excluding hydrogens is 449 g/mol. The first-order valence-corrected chi connectivity index (χ1v) is 14.6. The van der Waals surface area contributed by atoms with Gasteiger partial charge in [-0.2, -0.15) is 0 Å². The van der Waals surface area contributed by atoms with Crippen LogP contribution in [0.4, 0.5) is 4.39 Å². The molecule has 0 aliphatic carbocycles. The molecule has 3 nitrogen and oxygen atoms in total. The van der Waals surface area contributed by atoms with Gasteiger partial charge < -0.3 is 9.47 Å². The van der Waals surface area contributed by atoms with Crippen LogP contribution in [0.1, 0.15) is 121 Å². The number of hydrogen-bond donors (Lipinski definition) is 0. The van der Waals surface area contributed by atoms with Crippen LogP contribution in [0, 0.1) is 5.92 Å². The zero-order valence-corrected chi connectivity index (χ0v) is 22.9. The van der Waals surface area contributed by atoms with E-state index in [4.69, 9.17) is 14.5 Å². The van der Waals surface area contributed by atoms with Crippen LogP contribution >= 0.6 is 0 Å². The first-order chi connectivity index (χ1) is 17.7. The molecule has 0 bridgehead atoms. The number of ether oxygens (including phenoxy) is 2. The lowest BCUT2D eigenvalue weighted by Gasteiger charge is -2.29. The van der Waals surface area contributed by atoms with Gasteiger partial charge in [0.1, 0.15) is 6.17 Å². The monoisotopic (exact) mass is 497 g/mol. The van der Waals surface area contributed by atoms with Gasteiger partial charge in [-0.15, -0.1) is 0 Å². The largest absolute Gasteiger partial charge is 0.348 e. The molecule has 0 spiro atoms. The van der Waals surface area contributed by atoms with Crippen LogP contribution in [0.5, 0.6) is 0 Å². The molecule has 0 N–H and O–H groups in total. The number of rotatable bonds is 16. The SMILES string of the molecule is CCCCCCCC[C@H]1CO[C@H](c2ccc(-c3ccccc3C(CCCCC)C(F)CC)nc2)OC1. The predicted octanol–water partition coefficient (Wildman–Crippen LogP) is 9.57. The highest BCUT2D eigenvalue weighted by molar-refractivity contribution is 5.64. The molecule has 1 saturated heterocycles. The fourth-order valence-corrected chi connectivity index (χ4v) is 5.30. The summed E-state index contributed by atoms with van der Waals surface area (Å²) in [4.78, 5) is 4.77. The molecule has 200 valence electrons. The minimum absolute atomic E-state index is 0.0900. The highest BCUT2D eigenvalue weighted by Crippen LogP contribution is 2.36. The van der Waals surface area contributed by atoms with Gasteiger partial charge in [0.25, 0.3) is 0 Å². The molecule has 36 heavy (non-hydrogen) atoms. The van der Waals surface area contributed by atoms with Crippen molar-refractivity contribution >= 4 is 0 Å². The van der Waals surface area contributed by atoms with Crippen LogP contribution in [0.2, 0.25) is 0 Å². The van der Waals surface area contributed by atoms with Crippen LogP contribution in [0.25, 0.3) is 11.3 Å². The number of benzene rings is 1. The van der Waals surface area contributed by atoms with Crippen molar-refractivity contribution in [2.75, 3.05) is 13.2 Å². The molecule has 1 aliphatic heterocycles. The minimum atomic E-state index is -0.837. The van der Waals surface area contributed by atoms with Crippen molar-refractivity contribution in [3.63, 3.8) is 0 Å². The molecule has 0 amide bonds. The molecular formula is C32H48FNO2. The summed E-state index contributed by atoms with van der Waals surface area (Å²) >= 11 is 0. The summed E-state index contributed by atoms with van der Waals surface area (Å²) in [6.45, 7) is 7.89. The second-order valence-electron chi connectivity index (χ2n) is 10.5. The maximum Gasteiger partial charge on any atom is 0.185 e. The van der Waals surface area contributed by atoms with Crippen LogP contribution in [0.15, 0.2) is 42.6 Å². The van der Waals surface area contributed by atoms with Crippen molar-refractivity contribution in [3.05, 3.63) is 53.7 Å². The highest BCUT2D eigenvalue weighted by atomic mass is 19.1. The number of pyridine rings is 1. The van der Waals surface area contributed by atoms with Gasteiger partial charge in [0, 0.05) is 29.2 Å². The lowest BCUT2D eigenvalue weighted by molar-refractivity contribution is -0.206. The van der Waals surface area contributed by atoms with E-state index in [1.54, 1.807) is 0 Å². The van der Waals surface area contributed by atoms with Crippen molar-refractivity contribution in [1.82, 2.24) is 4.98 Å². The van der Waals surface area contributed by atoms with E-state index in [-0.39, 0.29) is 12.2 Å². The second kappa shape index (κ2) is 16.1. The molecule has 1 aromatic carbocycles. The number of aromatic nitrogens is 1. The van der Waals surface area contributed by atoms with Crippen LogP contribution in [-0.4, -0.2) is 24.4 Å². The van der Waals surface area contributed by atoms with Crippen molar-refractivity contribution < 1.29 is 13.9 Å². The first-order valence-electron chi connectivity index (χ1n) is 14.6. The van der Waals surface area contributed by atoms with E-state index < -0.39 is 6.17 Å². The third kappa shape index (κ3) is 8.66. The van der Waals surface area contributed by atoms with Crippen molar-refractivity contribution in [1.29, 1.82) is 0 Å². The number of hydrogen-bond acceptors (Lipinski definition) is 3. The Balaban J connectivity index is 1.58. The molecule has 3 rings (SSSR count). The van der Waals surface area contributed by atoms with E-state index in [1.807, 2.05) is 31.3 Å². The summed E-state index contributed by atoms with van der Waals surface area (Å²) in [7, 11) is 0. The number of nitrogens with zero attached hydrogens (tertiary/aromatic N) is 1. The Labute approximate surface area is 219 Å². The van der Waals surface area contributed by atoms with E-state index >= 15 is 4.39 Å². The zero-order chi connectivity index (χ0) is 25.6. The fourth-order valence-electron chi connectivity index (χ4n) is 5.30. The summed E-state index contributed by atoms with van der Waals surface area (Å²) in [5.41, 5.74) is 3.94. The van der Waals surface area contributed by atoms with Gasteiger partial charge in [-0.25, -0.2) is 4.39 Å². The minimum Gasteiger partial charge on any atom is -0.348 e. The Morgan fingerprint density at radius 3 is 2.25 bits per heavy atom. The molecule has 0 saturated carbocycles. The summed E-state index contributed by atoms with van der Waals surface area (Å²) in [6, 6.07) is 12.3. The Morgan fingerprint density at radius 1 is 0.861 bits per heavy atom. The average molecular weight is 498 g/mol. The number of unbranched alkanes of at least 4 members (excludes halogenated alkanes) is 7. The lowest BCUT2D eigenvalue weighted by Crippen LogP contribution is -2.27. The predicted molar refractivity (Wildman–Crippen MR) is 148 cm³/mol. The van der Waals surface area contributed by atoms with Gasteiger partial charge in [-0.3, -0.25) is 4.98 Å². The molecule has 1 aromatic heterocycles. The van der Waals surface area contributed by atoms with Gasteiger partial charge in [0.05, 0.1) is 18.9 Å². The number of halogens is 1. The molecule has 4 heteroatoms. The molecule has 0 radical (unpaired) electrons. The smallest absolute Gasteiger partial charge is 0.185 e. The third-order valence-electron chi connectivity index (χ3n) is 7.57. The first kappa shape index (κ1) is 28.8. The van der Waals surface area contributed by atoms with Gasteiger partial charge in [0.15, 0.2) is 6.29 Å². The van der Waals surface area contributed by atoms with Crippen molar-refractivity contribution in [2.45, 2.75) is 116 Å². The van der Waals surface area contributed by atoms with E-state index in [0.29, 0.717) is 12.3 Å². The third-order valence-corrected chi connectivity index (χ3v) is 7.57. The van der Waals surface area contributed by atoms with Gasteiger partial charge >= 0.3 is 0 Å². The lowest BCUT2D eigenvalue weighted by atomic mass is 9.84. The van der Waals surface area contributed by atoms with Gasteiger partial charge in [-0.05, 0) is 30.9 Å². The highest BCUT2D eigenvalue weighted by Gasteiger charge is 2.26. The zero-order valence-electron chi connectivity index (χ0n) is 22.9. The molecule has 2 unspecified atom stereocenters. The van der Waals surface area contributed by atoms with Gasteiger partial charge in [-0.1, -0.05) is 109 Å². The van der Waals surface area contributed by atoms with Crippen LogP contribution < -0.4 is 0 Å². The fraction of sp³-hybridized carbons (Fsp3) is 0.656. The van der Waals surface area contributed by atoms with E-state index in [1.165, 1.54) is 44.9 Å². The summed E-state index contributed by atoms with van der Waals surface area (Å²) < 4.78 is 27.2. The number of alkyl halides is 1. The average Bonchev–Trinajstić information content (AvgIpc) is 2.93. The Hall–Kier alpha value is -1.78. The molecule has 2 aromatic rings. The standard InChI is InChI=1S/C32H48FNO2/c1-4-7-9-10-11-13-16-25-23-35-32(36-24-25)26-20-21-31(34-22-26)29-19-15-14-17-27(29)28(30(33)6-3)18-12-8-5-2/h14-15,17,19-22,25,28,30,32H,4-13,16,18,23-24H2,1-3H3/t25-,28?,30?,32-. The Morgan fingerprint density at radius 2 is 1.56 bits per heavy atom. The molecule has 1 aliphatic rings. The topological polar surface area (TPSA) is 31.4 Å². The molecule has 2 atom stereocenters. The normalized spacial score (nSPS) is 19.8. The second-order valence-corrected chi connectivity index (χ2v) is 10.5. The summed E-state index contributed by atoms with van der Waals surface area (Å²) in [6.07, 6.45) is 14.5. The van der Waals surface area contributed by atoms with E-state index in [2.05, 4.69) is 32.0 Å². The molecule has 1 fully saturated rings. The summed E-state index contributed by atoms with van der Waals surface area (Å²) in [5, 5.41) is 0. The van der Waals surface area contributed by atoms with Crippen LogP contribution in [-0.2, 0) is 9.47 Å². The molecule has 2 heterocycles. The van der Waals surface area contributed by atoms with E-state index in [9.17, 15) is 0 Å².